The molecule has 1 saturated heterocycles. The Balaban J connectivity index is 1.69. The third-order valence-corrected chi connectivity index (χ3v) is 5.96. The smallest absolute Gasteiger partial charge is 0.317 e. The molecule has 2 aromatic rings. The molecule has 6 nitrogen and oxygen atoms in total. The first kappa shape index (κ1) is 17.1. The second-order valence-corrected chi connectivity index (χ2v) is 7.35. The van der Waals surface area contributed by atoms with Crippen molar-refractivity contribution in [1.82, 2.24) is 24.7 Å². The third kappa shape index (κ3) is 2.78. The molecule has 3 heterocycles. The third-order valence-electron chi connectivity index (χ3n) is 5.96. The summed E-state index contributed by atoms with van der Waals surface area (Å²) in [7, 11) is 1.70. The first-order valence-corrected chi connectivity index (χ1v) is 9.48. The van der Waals surface area contributed by atoms with Crippen molar-refractivity contribution in [3.8, 4) is 11.3 Å². The molecule has 26 heavy (non-hydrogen) atoms. The van der Waals surface area contributed by atoms with Crippen LogP contribution in [0.5, 0.6) is 0 Å². The molecule has 4 rings (SSSR count). The van der Waals surface area contributed by atoms with E-state index in [-0.39, 0.29) is 11.6 Å². The van der Waals surface area contributed by atoms with Gasteiger partial charge in [0, 0.05) is 38.8 Å². The van der Waals surface area contributed by atoms with Crippen LogP contribution in [0.2, 0.25) is 0 Å². The molecule has 1 spiro atoms. The number of hydrogen-bond acceptors (Lipinski definition) is 3. The molecule has 1 aromatic heterocycles. The van der Waals surface area contributed by atoms with E-state index < -0.39 is 0 Å². The Labute approximate surface area is 154 Å². The molecular weight excluding hydrogens is 326 g/mol. The normalized spacial score (nSPS) is 19.4. The van der Waals surface area contributed by atoms with Crippen molar-refractivity contribution in [2.45, 2.75) is 31.8 Å². The topological polar surface area (TPSA) is 53.4 Å². The second-order valence-electron chi connectivity index (χ2n) is 7.35. The van der Waals surface area contributed by atoms with Crippen LogP contribution in [-0.4, -0.2) is 58.6 Å². The van der Waals surface area contributed by atoms with E-state index in [1.54, 1.807) is 7.05 Å². The summed E-state index contributed by atoms with van der Waals surface area (Å²) in [6.07, 6.45) is 3.96. The Morgan fingerprint density at radius 3 is 2.62 bits per heavy atom. The summed E-state index contributed by atoms with van der Waals surface area (Å²) in [6.45, 7) is 6.79. The highest BCUT2D eigenvalue weighted by Crippen LogP contribution is 2.39. The number of fused-ring (bicyclic) bond motifs is 2. The molecular formula is C20H27N5O. The highest BCUT2D eigenvalue weighted by molar-refractivity contribution is 5.73. The number of urea groups is 1. The molecule has 0 saturated carbocycles. The minimum Gasteiger partial charge on any atom is -0.341 e. The van der Waals surface area contributed by atoms with E-state index in [4.69, 9.17) is 4.98 Å². The lowest BCUT2D eigenvalue weighted by atomic mass is 9.84. The summed E-state index contributed by atoms with van der Waals surface area (Å²) in [5.41, 5.74) is 3.61. The van der Waals surface area contributed by atoms with Crippen molar-refractivity contribution in [3.05, 3.63) is 42.4 Å². The molecule has 2 amide bonds. The Morgan fingerprint density at radius 1 is 1.23 bits per heavy atom. The van der Waals surface area contributed by atoms with Crippen LogP contribution >= 0.6 is 0 Å². The van der Waals surface area contributed by atoms with Gasteiger partial charge >= 0.3 is 6.03 Å². The Morgan fingerprint density at radius 2 is 1.96 bits per heavy atom. The number of hydrogen-bond donors (Lipinski definition) is 1. The number of nitrogens with one attached hydrogen (secondary N) is 1. The van der Waals surface area contributed by atoms with Crippen LogP contribution in [-0.2, 0) is 12.1 Å². The summed E-state index contributed by atoms with van der Waals surface area (Å²) in [6, 6.07) is 10.5. The minimum atomic E-state index is 0.0267. The standard InChI is InChI=1S/C20H27N5O/c1-3-23-13-17-18(16-7-5-4-6-8-16)22-15-25(17)20(14-23)9-11-24(12-10-20)19(26)21-2/h4-8,15H,3,9-14H2,1-2H3,(H,21,26). The SMILES string of the molecule is CCN1Cc2c(-c3ccccc3)ncn2C2(CCN(C(=O)NC)CC2)C1. The largest absolute Gasteiger partial charge is 0.341 e. The Bertz CT molecular complexity index is 777. The fourth-order valence-electron chi connectivity index (χ4n) is 4.44. The zero-order valence-electron chi connectivity index (χ0n) is 15.6. The molecule has 0 aliphatic carbocycles. The zero-order chi connectivity index (χ0) is 18.1. The number of imidazole rings is 1. The van der Waals surface area contributed by atoms with Crippen LogP contribution in [0.3, 0.4) is 0 Å². The van der Waals surface area contributed by atoms with Gasteiger partial charge in [-0.2, -0.15) is 0 Å². The van der Waals surface area contributed by atoms with Crippen LogP contribution in [0.1, 0.15) is 25.5 Å². The zero-order valence-corrected chi connectivity index (χ0v) is 15.6. The number of rotatable bonds is 2. The van der Waals surface area contributed by atoms with Crippen molar-refractivity contribution in [2.24, 2.45) is 0 Å². The van der Waals surface area contributed by atoms with E-state index in [0.29, 0.717) is 0 Å². The monoisotopic (exact) mass is 353 g/mol. The lowest BCUT2D eigenvalue weighted by Gasteiger charge is -2.48. The molecule has 1 fully saturated rings. The Hall–Kier alpha value is -2.34. The number of likely N-dealkylation sites (N-methyl/N-ethyl adjacent to an activating group) is 1. The van der Waals surface area contributed by atoms with Gasteiger partial charge in [0.25, 0.3) is 0 Å². The number of nitrogens with zero attached hydrogens (tertiary/aromatic N) is 4. The predicted molar refractivity (Wildman–Crippen MR) is 102 cm³/mol. The molecule has 1 N–H and O–H groups in total. The lowest BCUT2D eigenvalue weighted by molar-refractivity contribution is 0.0539. The summed E-state index contributed by atoms with van der Waals surface area (Å²) >= 11 is 0. The first-order valence-electron chi connectivity index (χ1n) is 9.48. The number of benzene rings is 1. The molecule has 138 valence electrons. The number of likely N-dealkylation sites (tertiary alicyclic amines) is 1. The van der Waals surface area contributed by atoms with E-state index in [2.05, 4.69) is 46.0 Å². The average molecular weight is 353 g/mol. The van der Waals surface area contributed by atoms with E-state index >= 15 is 0 Å². The molecule has 0 radical (unpaired) electrons. The van der Waals surface area contributed by atoms with Crippen LogP contribution < -0.4 is 5.32 Å². The summed E-state index contributed by atoms with van der Waals surface area (Å²) in [4.78, 5) is 21.2. The number of carbonyl (C=O) groups is 1. The highest BCUT2D eigenvalue weighted by Gasteiger charge is 2.43. The van der Waals surface area contributed by atoms with E-state index in [1.165, 1.54) is 11.3 Å². The highest BCUT2D eigenvalue weighted by atomic mass is 16.2. The maximum Gasteiger partial charge on any atom is 0.317 e. The van der Waals surface area contributed by atoms with Gasteiger partial charge < -0.3 is 14.8 Å². The number of aromatic nitrogens is 2. The quantitative estimate of drug-likeness (QED) is 0.903. The fraction of sp³-hybridized carbons (Fsp3) is 0.500. The van der Waals surface area contributed by atoms with Gasteiger partial charge in [-0.25, -0.2) is 9.78 Å². The van der Waals surface area contributed by atoms with Gasteiger partial charge in [-0.05, 0) is 19.4 Å². The maximum absolute atomic E-state index is 12.0. The van der Waals surface area contributed by atoms with Crippen molar-refractivity contribution in [3.63, 3.8) is 0 Å². The number of piperidine rings is 1. The Kier molecular flexibility index (Phi) is 4.44. The maximum atomic E-state index is 12.0. The molecule has 0 atom stereocenters. The van der Waals surface area contributed by atoms with Gasteiger partial charge in [0.05, 0.1) is 23.3 Å². The van der Waals surface area contributed by atoms with Crippen molar-refractivity contribution >= 4 is 6.03 Å². The summed E-state index contributed by atoms with van der Waals surface area (Å²) in [5, 5.41) is 2.75. The van der Waals surface area contributed by atoms with Crippen molar-refractivity contribution in [1.29, 1.82) is 0 Å². The summed E-state index contributed by atoms with van der Waals surface area (Å²) < 4.78 is 2.42. The molecule has 6 heteroatoms. The van der Waals surface area contributed by atoms with Crippen LogP contribution in [0.15, 0.2) is 36.7 Å². The number of amides is 2. The van der Waals surface area contributed by atoms with Gasteiger partial charge in [-0.1, -0.05) is 37.3 Å². The second kappa shape index (κ2) is 6.76. The lowest BCUT2D eigenvalue weighted by Crippen LogP contribution is -2.57. The molecule has 1 aromatic carbocycles. The first-order chi connectivity index (χ1) is 12.7. The van der Waals surface area contributed by atoms with Gasteiger partial charge in [0.2, 0.25) is 0 Å². The van der Waals surface area contributed by atoms with Gasteiger partial charge in [-0.15, -0.1) is 0 Å². The van der Waals surface area contributed by atoms with Crippen LogP contribution in [0.4, 0.5) is 4.79 Å². The molecule has 2 aliphatic rings. The molecule has 0 unspecified atom stereocenters. The number of carbonyl (C=O) groups excluding carboxylic acids is 1. The van der Waals surface area contributed by atoms with Gasteiger partial charge in [0.1, 0.15) is 0 Å². The molecule has 0 bridgehead atoms. The van der Waals surface area contributed by atoms with Crippen molar-refractivity contribution < 1.29 is 4.79 Å². The predicted octanol–water partition coefficient (Wildman–Crippen LogP) is 2.52. The van der Waals surface area contributed by atoms with E-state index in [9.17, 15) is 4.79 Å². The van der Waals surface area contributed by atoms with Crippen LogP contribution in [0, 0.1) is 0 Å². The van der Waals surface area contributed by atoms with E-state index in [1.807, 2.05) is 17.3 Å². The van der Waals surface area contributed by atoms with Gasteiger partial charge in [0.15, 0.2) is 0 Å². The van der Waals surface area contributed by atoms with Gasteiger partial charge in [-0.3, -0.25) is 4.90 Å². The average Bonchev–Trinajstić information content (AvgIpc) is 3.13. The van der Waals surface area contributed by atoms with Crippen molar-refractivity contribution in [2.75, 3.05) is 33.2 Å². The van der Waals surface area contributed by atoms with E-state index in [0.717, 1.165) is 51.3 Å². The van der Waals surface area contributed by atoms with Crippen LogP contribution in [0.25, 0.3) is 11.3 Å². The minimum absolute atomic E-state index is 0.0267. The fourth-order valence-corrected chi connectivity index (χ4v) is 4.44. The summed E-state index contributed by atoms with van der Waals surface area (Å²) in [5.74, 6) is 0. The molecule has 2 aliphatic heterocycles.